The molecule has 0 amide bonds. The van der Waals surface area contributed by atoms with E-state index < -0.39 is 0 Å². The maximum atomic E-state index is 13.4. The zero-order chi connectivity index (χ0) is 22.1. The molecule has 0 radical (unpaired) electrons. The van der Waals surface area contributed by atoms with E-state index in [-0.39, 0.29) is 5.78 Å². The topological polar surface area (TPSA) is 82.8 Å². The van der Waals surface area contributed by atoms with Crippen molar-refractivity contribution >= 4 is 39.6 Å². The van der Waals surface area contributed by atoms with Crippen LogP contribution in [0.5, 0.6) is 5.75 Å². The average molecular weight is 462 g/mol. The minimum atomic E-state index is -0.203. The normalized spacial score (nSPS) is 11.1. The van der Waals surface area contributed by atoms with Crippen molar-refractivity contribution in [1.29, 1.82) is 0 Å². The number of aromatic nitrogens is 5. The molecule has 9 heteroatoms. The van der Waals surface area contributed by atoms with E-state index in [0.717, 1.165) is 16.5 Å². The lowest BCUT2D eigenvalue weighted by Crippen LogP contribution is -2.01. The number of fused-ring (bicyclic) bond motifs is 1. The molecule has 0 saturated carbocycles. The van der Waals surface area contributed by atoms with Crippen LogP contribution in [0.25, 0.3) is 21.6 Å². The number of rotatable bonds is 6. The lowest BCUT2D eigenvalue weighted by molar-refractivity contribution is 0.103. The summed E-state index contributed by atoms with van der Waals surface area (Å²) in [5, 5.41) is 10.6. The minimum Gasteiger partial charge on any atom is -0.497 e. The number of benzene rings is 2. The Morgan fingerprint density at radius 1 is 1.12 bits per heavy atom. The summed E-state index contributed by atoms with van der Waals surface area (Å²) >= 11 is 7.21. The summed E-state index contributed by atoms with van der Waals surface area (Å²) in [6.45, 7) is 0.592. The van der Waals surface area contributed by atoms with E-state index in [1.165, 1.54) is 11.3 Å². The predicted octanol–water partition coefficient (Wildman–Crippen LogP) is 4.89. The third kappa shape index (κ3) is 3.86. The Bertz CT molecular complexity index is 1410. The van der Waals surface area contributed by atoms with Gasteiger partial charge in [0.05, 0.1) is 18.9 Å². The molecule has 32 heavy (non-hydrogen) atoms. The van der Waals surface area contributed by atoms with Crippen molar-refractivity contribution in [3.05, 3.63) is 88.4 Å². The molecule has 0 aliphatic rings. The first-order valence-corrected chi connectivity index (χ1v) is 10.9. The summed E-state index contributed by atoms with van der Waals surface area (Å²) in [5.74, 6) is 0.471. The Hall–Kier alpha value is -3.62. The van der Waals surface area contributed by atoms with E-state index in [0.29, 0.717) is 38.6 Å². The van der Waals surface area contributed by atoms with Crippen LogP contribution in [0.2, 0.25) is 5.02 Å². The summed E-state index contributed by atoms with van der Waals surface area (Å²) in [6.07, 6.45) is 6.61. The Morgan fingerprint density at radius 2 is 1.97 bits per heavy atom. The zero-order valence-electron chi connectivity index (χ0n) is 16.9. The van der Waals surface area contributed by atoms with E-state index >= 15 is 0 Å². The van der Waals surface area contributed by atoms with Gasteiger partial charge in [0.1, 0.15) is 11.4 Å². The first kappa shape index (κ1) is 20.3. The van der Waals surface area contributed by atoms with Gasteiger partial charge in [-0.25, -0.2) is 0 Å². The van der Waals surface area contributed by atoms with Gasteiger partial charge in [-0.1, -0.05) is 35.1 Å². The molecule has 0 bridgehead atoms. The molecule has 5 aromatic rings. The highest BCUT2D eigenvalue weighted by Gasteiger charge is 2.22. The van der Waals surface area contributed by atoms with Crippen molar-refractivity contribution < 1.29 is 9.53 Å². The number of ketones is 1. The van der Waals surface area contributed by atoms with Crippen LogP contribution in [-0.4, -0.2) is 37.6 Å². The quantitative estimate of drug-likeness (QED) is 0.335. The third-order valence-electron chi connectivity index (χ3n) is 5.00. The number of carbonyl (C=O) groups excluding carboxylic acids is 1. The molecule has 5 rings (SSSR count). The van der Waals surface area contributed by atoms with Crippen molar-refractivity contribution in [2.75, 3.05) is 7.11 Å². The molecule has 0 aliphatic carbocycles. The van der Waals surface area contributed by atoms with Crippen molar-refractivity contribution in [1.82, 2.24) is 24.7 Å². The van der Waals surface area contributed by atoms with Crippen molar-refractivity contribution in [2.45, 2.75) is 6.54 Å². The predicted molar refractivity (Wildman–Crippen MR) is 123 cm³/mol. The SMILES string of the molecule is COc1ccc2c(c1)c(C(=O)c1nnc(-c3cnccn3)s1)cn2Cc1ccc(Cl)cc1. The van der Waals surface area contributed by atoms with Crippen LogP contribution in [0, 0.1) is 0 Å². The van der Waals surface area contributed by atoms with Gasteiger partial charge in [0.25, 0.3) is 0 Å². The van der Waals surface area contributed by atoms with Gasteiger partial charge >= 0.3 is 0 Å². The molecule has 3 aromatic heterocycles. The van der Waals surface area contributed by atoms with E-state index in [2.05, 4.69) is 20.2 Å². The average Bonchev–Trinajstić information content (AvgIpc) is 3.46. The number of ether oxygens (including phenoxy) is 1. The highest BCUT2D eigenvalue weighted by atomic mass is 35.5. The highest BCUT2D eigenvalue weighted by Crippen LogP contribution is 2.30. The summed E-state index contributed by atoms with van der Waals surface area (Å²) in [6, 6.07) is 13.3. The lowest BCUT2D eigenvalue weighted by atomic mass is 10.1. The second-order valence-corrected chi connectivity index (χ2v) is 8.43. The van der Waals surface area contributed by atoms with Gasteiger partial charge < -0.3 is 9.30 Å². The Morgan fingerprint density at radius 3 is 2.72 bits per heavy atom. The molecule has 0 N–H and O–H groups in total. The van der Waals surface area contributed by atoms with Crippen LogP contribution < -0.4 is 4.74 Å². The summed E-state index contributed by atoms with van der Waals surface area (Å²) in [4.78, 5) is 21.7. The molecule has 0 saturated heterocycles. The molecular weight excluding hydrogens is 446 g/mol. The fourth-order valence-corrected chi connectivity index (χ4v) is 4.33. The monoisotopic (exact) mass is 461 g/mol. The molecular formula is C23H16ClN5O2S. The van der Waals surface area contributed by atoms with Crippen LogP contribution in [-0.2, 0) is 6.54 Å². The van der Waals surface area contributed by atoms with Gasteiger partial charge in [0, 0.05) is 41.1 Å². The maximum Gasteiger partial charge on any atom is 0.225 e. The number of hydrogen-bond acceptors (Lipinski definition) is 7. The number of carbonyl (C=O) groups is 1. The number of halogens is 1. The van der Waals surface area contributed by atoms with Gasteiger partial charge in [0.15, 0.2) is 10.0 Å². The summed E-state index contributed by atoms with van der Waals surface area (Å²) < 4.78 is 7.43. The van der Waals surface area contributed by atoms with Crippen LogP contribution in [0.15, 0.2) is 67.3 Å². The summed E-state index contributed by atoms with van der Waals surface area (Å²) in [5.41, 5.74) is 3.11. The van der Waals surface area contributed by atoms with E-state index in [1.54, 1.807) is 25.7 Å². The smallest absolute Gasteiger partial charge is 0.225 e. The van der Waals surface area contributed by atoms with Crippen molar-refractivity contribution in [2.24, 2.45) is 0 Å². The van der Waals surface area contributed by atoms with Crippen LogP contribution in [0.4, 0.5) is 0 Å². The second kappa shape index (κ2) is 8.49. The Kier molecular flexibility index (Phi) is 5.38. The Labute approximate surface area is 192 Å². The first-order valence-electron chi connectivity index (χ1n) is 9.68. The van der Waals surface area contributed by atoms with Gasteiger partial charge in [-0.2, -0.15) is 0 Å². The largest absolute Gasteiger partial charge is 0.497 e. The van der Waals surface area contributed by atoms with E-state index in [1.807, 2.05) is 53.2 Å². The molecule has 7 nitrogen and oxygen atoms in total. The molecule has 0 spiro atoms. The van der Waals surface area contributed by atoms with Gasteiger partial charge in [-0.3, -0.25) is 14.8 Å². The second-order valence-electron chi connectivity index (χ2n) is 7.01. The number of methoxy groups -OCH3 is 1. The van der Waals surface area contributed by atoms with Gasteiger partial charge in [-0.15, -0.1) is 10.2 Å². The molecule has 0 atom stereocenters. The molecule has 0 fully saturated rings. The number of nitrogens with zero attached hydrogens (tertiary/aromatic N) is 5. The fourth-order valence-electron chi connectivity index (χ4n) is 3.44. The standard InChI is InChI=1S/C23H16ClN5O2S/c1-31-16-6-7-20-17(10-16)18(13-29(20)12-14-2-4-15(24)5-3-14)21(30)23-28-27-22(32-23)19-11-25-8-9-26-19/h2-11,13H,12H2,1H3. The highest BCUT2D eigenvalue weighted by molar-refractivity contribution is 7.16. The van der Waals surface area contributed by atoms with Gasteiger partial charge in [0.2, 0.25) is 5.78 Å². The zero-order valence-corrected chi connectivity index (χ0v) is 18.5. The van der Waals surface area contributed by atoms with Crippen LogP contribution in [0.1, 0.15) is 20.9 Å². The molecule has 2 aromatic carbocycles. The fraction of sp³-hybridized carbons (Fsp3) is 0.0870. The first-order chi connectivity index (χ1) is 15.6. The van der Waals surface area contributed by atoms with Crippen molar-refractivity contribution in [3.63, 3.8) is 0 Å². The van der Waals surface area contributed by atoms with E-state index in [4.69, 9.17) is 16.3 Å². The lowest BCUT2D eigenvalue weighted by Gasteiger charge is -2.06. The molecule has 0 aliphatic heterocycles. The maximum absolute atomic E-state index is 13.4. The van der Waals surface area contributed by atoms with Gasteiger partial charge in [-0.05, 0) is 35.9 Å². The van der Waals surface area contributed by atoms with E-state index in [9.17, 15) is 4.79 Å². The molecule has 158 valence electrons. The van der Waals surface area contributed by atoms with Crippen LogP contribution >= 0.6 is 22.9 Å². The molecule has 0 unspecified atom stereocenters. The van der Waals surface area contributed by atoms with Crippen LogP contribution in [0.3, 0.4) is 0 Å². The third-order valence-corrected chi connectivity index (χ3v) is 6.20. The summed E-state index contributed by atoms with van der Waals surface area (Å²) in [7, 11) is 1.60. The molecule has 3 heterocycles. The van der Waals surface area contributed by atoms with Crippen molar-refractivity contribution in [3.8, 4) is 16.5 Å². The minimum absolute atomic E-state index is 0.203. The Balaban J connectivity index is 1.56. The number of hydrogen-bond donors (Lipinski definition) is 0.